The Bertz CT molecular complexity index is 1290. The van der Waals surface area contributed by atoms with E-state index in [2.05, 4.69) is 70.0 Å². The minimum atomic E-state index is -0.818. The van der Waals surface area contributed by atoms with Crippen LogP contribution in [0.15, 0.2) is 72.9 Å². The zero-order chi connectivity index (χ0) is 25.6. The molecule has 0 unspecified atom stereocenters. The summed E-state index contributed by atoms with van der Waals surface area (Å²) in [6, 6.07) is 23.4. The molecular weight excluding hydrogens is 463 g/mol. The number of nitrogens with zero attached hydrogens (tertiary/aromatic N) is 3. The van der Waals surface area contributed by atoms with Gasteiger partial charge in [-0.15, -0.1) is 0 Å². The lowest BCUT2D eigenvalue weighted by Gasteiger charge is -2.34. The first kappa shape index (κ1) is 25.5. The molecule has 4 aromatic rings. The van der Waals surface area contributed by atoms with Crippen LogP contribution in [0.2, 0.25) is 0 Å². The predicted molar refractivity (Wildman–Crippen MR) is 149 cm³/mol. The molecule has 1 fully saturated rings. The van der Waals surface area contributed by atoms with Crippen LogP contribution in [-0.4, -0.2) is 54.0 Å². The molecule has 37 heavy (non-hydrogen) atoms. The van der Waals surface area contributed by atoms with Crippen molar-refractivity contribution in [3.63, 3.8) is 0 Å². The number of alkyl halides is 1. The fourth-order valence-corrected chi connectivity index (χ4v) is 5.23. The number of nitrogens with two attached hydrogens (primary N) is 1. The smallest absolute Gasteiger partial charge is 0.228 e. The molecule has 1 aliphatic rings. The highest BCUT2D eigenvalue weighted by Gasteiger charge is 2.18. The number of rotatable bonds is 10. The van der Waals surface area contributed by atoms with Crippen LogP contribution in [0.1, 0.15) is 23.1 Å². The van der Waals surface area contributed by atoms with Crippen LogP contribution < -0.4 is 10.5 Å². The van der Waals surface area contributed by atoms with Gasteiger partial charge >= 0.3 is 0 Å². The highest BCUT2D eigenvalue weighted by atomic mass is 19.1. The van der Waals surface area contributed by atoms with E-state index in [1.807, 2.05) is 24.3 Å². The molecule has 2 heterocycles. The summed E-state index contributed by atoms with van der Waals surface area (Å²) in [6.45, 7) is 9.16. The van der Waals surface area contributed by atoms with Crippen molar-refractivity contribution in [1.29, 1.82) is 0 Å². The summed E-state index contributed by atoms with van der Waals surface area (Å²) in [5, 5.41) is 1.24. The van der Waals surface area contributed by atoms with Crippen molar-refractivity contribution in [3.05, 3.63) is 89.6 Å². The van der Waals surface area contributed by atoms with Crippen molar-refractivity contribution in [2.45, 2.75) is 33.0 Å². The van der Waals surface area contributed by atoms with Gasteiger partial charge in [0, 0.05) is 68.5 Å². The fourth-order valence-electron chi connectivity index (χ4n) is 5.23. The van der Waals surface area contributed by atoms with Gasteiger partial charge in [-0.05, 0) is 60.8 Å². The average Bonchev–Trinajstić information content (AvgIpc) is 3.28. The first-order chi connectivity index (χ1) is 18.1. The number of ether oxygens (including phenoxy) is 1. The molecule has 5 rings (SSSR count). The molecule has 6 heteroatoms. The van der Waals surface area contributed by atoms with Gasteiger partial charge in [0.2, 0.25) is 6.86 Å². The minimum Gasteiger partial charge on any atom is -0.463 e. The molecule has 1 aliphatic heterocycles. The van der Waals surface area contributed by atoms with E-state index >= 15 is 0 Å². The van der Waals surface area contributed by atoms with Crippen LogP contribution in [0, 0.1) is 6.92 Å². The summed E-state index contributed by atoms with van der Waals surface area (Å²) >= 11 is 0. The molecule has 1 aromatic heterocycles. The van der Waals surface area contributed by atoms with Gasteiger partial charge in [0.25, 0.3) is 0 Å². The normalized spacial score (nSPS) is 14.9. The Morgan fingerprint density at radius 2 is 1.49 bits per heavy atom. The predicted octanol–water partition coefficient (Wildman–Crippen LogP) is 5.59. The van der Waals surface area contributed by atoms with Crippen LogP contribution in [-0.2, 0) is 19.6 Å². The summed E-state index contributed by atoms with van der Waals surface area (Å²) in [6.07, 6.45) is 3.15. The van der Waals surface area contributed by atoms with E-state index < -0.39 is 6.86 Å². The largest absolute Gasteiger partial charge is 0.463 e. The molecule has 0 amide bonds. The number of hydrogen-bond donors (Lipinski definition) is 1. The van der Waals surface area contributed by atoms with Crippen molar-refractivity contribution in [3.8, 4) is 16.9 Å². The van der Waals surface area contributed by atoms with Crippen LogP contribution in [0.4, 0.5) is 4.39 Å². The first-order valence-electron chi connectivity index (χ1n) is 13.2. The number of benzene rings is 3. The van der Waals surface area contributed by atoms with Crippen molar-refractivity contribution in [2.24, 2.45) is 5.73 Å². The molecule has 0 bridgehead atoms. The third-order valence-corrected chi connectivity index (χ3v) is 7.33. The van der Waals surface area contributed by atoms with E-state index in [1.54, 1.807) is 0 Å². The van der Waals surface area contributed by atoms with Gasteiger partial charge in [0.05, 0.1) is 0 Å². The number of aromatic nitrogens is 1. The third kappa shape index (κ3) is 6.21. The molecule has 0 saturated carbocycles. The van der Waals surface area contributed by atoms with E-state index in [-0.39, 0.29) is 0 Å². The molecule has 0 spiro atoms. The highest BCUT2D eigenvalue weighted by molar-refractivity contribution is 5.96. The van der Waals surface area contributed by atoms with E-state index in [9.17, 15) is 4.39 Å². The van der Waals surface area contributed by atoms with Gasteiger partial charge in [-0.2, -0.15) is 0 Å². The second kappa shape index (κ2) is 11.9. The quantitative estimate of drug-likeness (QED) is 0.308. The van der Waals surface area contributed by atoms with Gasteiger partial charge < -0.3 is 15.0 Å². The van der Waals surface area contributed by atoms with Gasteiger partial charge in [0.1, 0.15) is 5.75 Å². The SMILES string of the molecule is Cc1ccc(CN2CCN(Cc3ccc4c(c3)c(-c3ccc(OCF)cc3)cn4CCCN)CC2)cc1. The Balaban J connectivity index is 1.30. The molecule has 5 nitrogen and oxygen atoms in total. The van der Waals surface area contributed by atoms with Crippen molar-refractivity contribution >= 4 is 10.9 Å². The molecule has 194 valence electrons. The van der Waals surface area contributed by atoms with Crippen molar-refractivity contribution in [2.75, 3.05) is 39.6 Å². The lowest BCUT2D eigenvalue weighted by Crippen LogP contribution is -2.45. The Labute approximate surface area is 219 Å². The van der Waals surface area contributed by atoms with Crippen molar-refractivity contribution < 1.29 is 9.13 Å². The maximum atomic E-state index is 12.6. The van der Waals surface area contributed by atoms with Gasteiger partial charge in [-0.25, -0.2) is 4.39 Å². The summed E-state index contributed by atoms with van der Waals surface area (Å²) in [7, 11) is 0. The topological polar surface area (TPSA) is 46.7 Å². The van der Waals surface area contributed by atoms with Crippen LogP contribution in [0.25, 0.3) is 22.0 Å². The standard InChI is InChI=1S/C31H37FN4O/c1-24-3-5-25(6-4-24)20-34-15-17-35(18-16-34)21-26-7-12-31-29(19-26)30(22-36(31)14-2-13-33)27-8-10-28(11-9-27)37-23-32/h3-12,19,22H,2,13-18,20-21,23,33H2,1H3. The number of aryl methyl sites for hydroxylation is 2. The van der Waals surface area contributed by atoms with Crippen molar-refractivity contribution in [1.82, 2.24) is 14.4 Å². The summed E-state index contributed by atoms with van der Waals surface area (Å²) in [4.78, 5) is 5.11. The minimum absolute atomic E-state index is 0.542. The Kier molecular flexibility index (Phi) is 8.19. The maximum Gasteiger partial charge on any atom is 0.228 e. The summed E-state index contributed by atoms with van der Waals surface area (Å²) < 4.78 is 19.9. The average molecular weight is 501 g/mol. The lowest BCUT2D eigenvalue weighted by atomic mass is 10.0. The van der Waals surface area contributed by atoms with E-state index in [4.69, 9.17) is 10.5 Å². The third-order valence-electron chi connectivity index (χ3n) is 7.33. The fraction of sp³-hybridized carbons (Fsp3) is 0.355. The molecule has 2 N–H and O–H groups in total. The van der Waals surface area contributed by atoms with Crippen LogP contribution in [0.5, 0.6) is 5.75 Å². The number of hydrogen-bond acceptors (Lipinski definition) is 4. The van der Waals surface area contributed by atoms with Gasteiger partial charge in [-0.3, -0.25) is 9.80 Å². The monoisotopic (exact) mass is 500 g/mol. The van der Waals surface area contributed by atoms with E-state index in [1.165, 1.54) is 33.2 Å². The van der Waals surface area contributed by atoms with Crippen LogP contribution >= 0.6 is 0 Å². The highest BCUT2D eigenvalue weighted by Crippen LogP contribution is 2.33. The van der Waals surface area contributed by atoms with Gasteiger partial charge in [-0.1, -0.05) is 48.0 Å². The molecule has 1 saturated heterocycles. The molecule has 0 aliphatic carbocycles. The molecule has 3 aromatic carbocycles. The van der Waals surface area contributed by atoms with E-state index in [0.29, 0.717) is 12.3 Å². The molecule has 0 radical (unpaired) electrons. The number of piperazine rings is 1. The number of halogens is 1. The Morgan fingerprint density at radius 1 is 0.838 bits per heavy atom. The Hall–Kier alpha value is -3.19. The summed E-state index contributed by atoms with van der Waals surface area (Å²) in [5.74, 6) is 0.542. The molecular formula is C31H37FN4O. The maximum absolute atomic E-state index is 12.6. The number of fused-ring (bicyclic) bond motifs is 1. The molecule has 0 atom stereocenters. The second-order valence-electron chi connectivity index (χ2n) is 10.0. The lowest BCUT2D eigenvalue weighted by molar-refractivity contribution is 0.122. The zero-order valence-electron chi connectivity index (χ0n) is 21.7. The van der Waals surface area contributed by atoms with Crippen LogP contribution in [0.3, 0.4) is 0 Å². The van der Waals surface area contributed by atoms with Gasteiger partial charge in [0.15, 0.2) is 0 Å². The second-order valence-corrected chi connectivity index (χ2v) is 10.0. The summed E-state index contributed by atoms with van der Waals surface area (Å²) in [5.41, 5.74) is 13.3. The van der Waals surface area contributed by atoms with E-state index in [0.717, 1.165) is 57.8 Å². The zero-order valence-corrected chi connectivity index (χ0v) is 21.7. The first-order valence-corrected chi connectivity index (χ1v) is 13.2. The Morgan fingerprint density at radius 3 is 2.14 bits per heavy atom.